The van der Waals surface area contributed by atoms with Crippen LogP contribution in [-0.2, 0) is 31.3 Å². The van der Waals surface area contributed by atoms with Gasteiger partial charge in [-0.15, -0.1) is 0 Å². The average molecular weight is 539 g/mol. The van der Waals surface area contributed by atoms with E-state index in [9.17, 15) is 0 Å². The first-order valence-corrected chi connectivity index (χ1v) is 13.1. The molecule has 0 aliphatic heterocycles. The molecule has 1 unspecified atom stereocenters. The van der Waals surface area contributed by atoms with Crippen molar-refractivity contribution in [3.63, 3.8) is 0 Å². The maximum absolute atomic E-state index is 6.26. The molecule has 0 aromatic heterocycles. The highest BCUT2D eigenvalue weighted by Crippen LogP contribution is 2.43. The normalized spacial score (nSPS) is 12.5. The summed E-state index contributed by atoms with van der Waals surface area (Å²) in [6, 6.07) is 32.2. The molecule has 40 heavy (non-hydrogen) atoms. The Kier molecular flexibility index (Phi) is 8.33. The molecule has 206 valence electrons. The minimum Gasteiger partial charge on any atom is -0.496 e. The van der Waals surface area contributed by atoms with Gasteiger partial charge in [0.25, 0.3) is 0 Å². The molecule has 0 aliphatic carbocycles. The van der Waals surface area contributed by atoms with Crippen molar-refractivity contribution in [1.82, 2.24) is 0 Å². The quantitative estimate of drug-likeness (QED) is 0.164. The summed E-state index contributed by atoms with van der Waals surface area (Å²) >= 11 is 0. The van der Waals surface area contributed by atoms with Gasteiger partial charge in [-0.2, -0.15) is 0 Å². The number of rotatable bonds is 11. The van der Waals surface area contributed by atoms with Crippen molar-refractivity contribution >= 4 is 21.5 Å². The molecule has 0 heterocycles. The molecule has 0 saturated heterocycles. The molecule has 0 amide bonds. The van der Waals surface area contributed by atoms with E-state index < -0.39 is 12.1 Å². The molecule has 1 atom stereocenters. The van der Waals surface area contributed by atoms with E-state index >= 15 is 0 Å². The van der Waals surface area contributed by atoms with Crippen LogP contribution in [0, 0.1) is 0 Å². The van der Waals surface area contributed by atoms with Crippen LogP contribution >= 0.6 is 0 Å². The maximum Gasteiger partial charge on any atom is 0.225 e. The van der Waals surface area contributed by atoms with E-state index in [0.29, 0.717) is 12.4 Å². The third-order valence-corrected chi connectivity index (χ3v) is 7.31. The Morgan fingerprint density at radius 1 is 0.625 bits per heavy atom. The summed E-state index contributed by atoms with van der Waals surface area (Å²) < 4.78 is 35.7. The smallest absolute Gasteiger partial charge is 0.225 e. The van der Waals surface area contributed by atoms with Crippen molar-refractivity contribution in [2.45, 2.75) is 18.7 Å². The SMILES string of the molecule is COc1c(C(OC)OCc2ccc3c(OC)c(C(OC)(OC)c4ccccc4)ccc3c2)ccc2ccccc12. The van der Waals surface area contributed by atoms with Crippen molar-refractivity contribution in [3.05, 3.63) is 119 Å². The van der Waals surface area contributed by atoms with Gasteiger partial charge in [0.1, 0.15) is 11.5 Å². The van der Waals surface area contributed by atoms with E-state index in [4.69, 9.17) is 28.4 Å². The number of hydrogen-bond acceptors (Lipinski definition) is 6. The minimum absolute atomic E-state index is 0.346. The van der Waals surface area contributed by atoms with E-state index in [1.165, 1.54) is 0 Å². The van der Waals surface area contributed by atoms with Crippen LogP contribution in [0.25, 0.3) is 21.5 Å². The number of hydrogen-bond donors (Lipinski definition) is 0. The van der Waals surface area contributed by atoms with Crippen LogP contribution in [-0.4, -0.2) is 35.5 Å². The monoisotopic (exact) mass is 538 g/mol. The van der Waals surface area contributed by atoms with Crippen LogP contribution in [0.5, 0.6) is 11.5 Å². The van der Waals surface area contributed by atoms with Crippen LogP contribution < -0.4 is 9.47 Å². The molecule has 0 N–H and O–H groups in total. The van der Waals surface area contributed by atoms with E-state index in [1.807, 2.05) is 78.9 Å². The molecule has 0 bridgehead atoms. The Hall–Kier alpha value is -3.94. The molecule has 0 aliphatic rings. The van der Waals surface area contributed by atoms with E-state index in [-0.39, 0.29) is 0 Å². The predicted octanol–water partition coefficient (Wildman–Crippen LogP) is 7.37. The molecule has 5 aromatic carbocycles. The highest BCUT2D eigenvalue weighted by molar-refractivity contribution is 5.91. The summed E-state index contributed by atoms with van der Waals surface area (Å²) in [4.78, 5) is 0. The third-order valence-electron chi connectivity index (χ3n) is 7.31. The van der Waals surface area contributed by atoms with E-state index in [1.54, 1.807) is 35.5 Å². The molecule has 6 nitrogen and oxygen atoms in total. The van der Waals surface area contributed by atoms with Crippen molar-refractivity contribution in [2.75, 3.05) is 35.5 Å². The van der Waals surface area contributed by atoms with Gasteiger partial charge >= 0.3 is 0 Å². The Morgan fingerprint density at radius 2 is 1.30 bits per heavy atom. The van der Waals surface area contributed by atoms with Gasteiger partial charge in [0, 0.05) is 37.7 Å². The fraction of sp³-hybridized carbons (Fsp3) is 0.235. The fourth-order valence-corrected chi connectivity index (χ4v) is 5.40. The first-order chi connectivity index (χ1) is 19.6. The van der Waals surface area contributed by atoms with Gasteiger partial charge in [0.2, 0.25) is 5.79 Å². The van der Waals surface area contributed by atoms with Crippen LogP contribution in [0.1, 0.15) is 28.5 Å². The molecular weight excluding hydrogens is 504 g/mol. The van der Waals surface area contributed by atoms with Gasteiger partial charge < -0.3 is 28.4 Å². The van der Waals surface area contributed by atoms with Gasteiger partial charge in [-0.25, -0.2) is 0 Å². The number of fused-ring (bicyclic) bond motifs is 2. The highest BCUT2D eigenvalue weighted by atomic mass is 16.7. The second kappa shape index (κ2) is 12.1. The number of ether oxygens (including phenoxy) is 6. The van der Waals surface area contributed by atoms with Gasteiger partial charge in [0.05, 0.1) is 32.0 Å². The maximum atomic E-state index is 6.26. The topological polar surface area (TPSA) is 55.4 Å². The molecule has 0 fully saturated rings. The van der Waals surface area contributed by atoms with Gasteiger partial charge in [0.15, 0.2) is 6.29 Å². The zero-order chi connectivity index (χ0) is 28.1. The molecule has 0 radical (unpaired) electrons. The van der Waals surface area contributed by atoms with Gasteiger partial charge in [-0.05, 0) is 34.5 Å². The van der Waals surface area contributed by atoms with E-state index in [0.717, 1.165) is 49.5 Å². The van der Waals surface area contributed by atoms with Crippen LogP contribution in [0.2, 0.25) is 0 Å². The van der Waals surface area contributed by atoms with Gasteiger partial charge in [-0.3, -0.25) is 0 Å². The second-order valence-electron chi connectivity index (χ2n) is 9.38. The van der Waals surface area contributed by atoms with Crippen LogP contribution in [0.3, 0.4) is 0 Å². The number of benzene rings is 5. The molecule has 5 rings (SSSR count). The Labute approximate surface area is 235 Å². The Bertz CT molecular complexity index is 1590. The first kappa shape index (κ1) is 27.6. The van der Waals surface area contributed by atoms with Crippen LogP contribution in [0.4, 0.5) is 0 Å². The lowest BCUT2D eigenvalue weighted by Gasteiger charge is -2.33. The Balaban J connectivity index is 1.46. The van der Waals surface area contributed by atoms with Crippen LogP contribution in [0.15, 0.2) is 97.1 Å². The second-order valence-corrected chi connectivity index (χ2v) is 9.38. The van der Waals surface area contributed by atoms with Crippen molar-refractivity contribution in [3.8, 4) is 11.5 Å². The predicted molar refractivity (Wildman–Crippen MR) is 157 cm³/mol. The zero-order valence-electron chi connectivity index (χ0n) is 23.5. The molecule has 6 heteroatoms. The molecule has 5 aromatic rings. The van der Waals surface area contributed by atoms with Crippen molar-refractivity contribution < 1.29 is 28.4 Å². The van der Waals surface area contributed by atoms with Crippen molar-refractivity contribution in [2.24, 2.45) is 0 Å². The summed E-state index contributed by atoms with van der Waals surface area (Å²) in [6.45, 7) is 0.346. The lowest BCUT2D eigenvalue weighted by atomic mass is 9.93. The summed E-state index contributed by atoms with van der Waals surface area (Å²) in [5.74, 6) is 0.319. The van der Waals surface area contributed by atoms with Gasteiger partial charge in [-0.1, -0.05) is 78.9 Å². The summed E-state index contributed by atoms with van der Waals surface area (Å²) in [6.07, 6.45) is -0.595. The molecule has 0 saturated carbocycles. The zero-order valence-corrected chi connectivity index (χ0v) is 23.5. The summed E-state index contributed by atoms with van der Waals surface area (Å²) in [5, 5.41) is 4.06. The highest BCUT2D eigenvalue weighted by Gasteiger charge is 2.38. The minimum atomic E-state index is -1.12. The Morgan fingerprint density at radius 3 is 2.00 bits per heavy atom. The standard InChI is InChI=1S/C34H34O6/c1-35-31-27-14-10-9-11-24(27)16-19-29(31)33(37-3)40-22-23-15-18-28-25(21-23)17-20-30(32(28)36-2)34(38-4,39-5)26-12-7-6-8-13-26/h6-21,33H,22H2,1-5H3. The summed E-state index contributed by atoms with van der Waals surface area (Å²) in [5.41, 5.74) is 3.49. The first-order valence-electron chi connectivity index (χ1n) is 13.1. The lowest BCUT2D eigenvalue weighted by Crippen LogP contribution is -2.32. The summed E-state index contributed by atoms with van der Waals surface area (Å²) in [7, 11) is 8.24. The fourth-order valence-electron chi connectivity index (χ4n) is 5.40. The third kappa shape index (κ3) is 4.91. The molecular formula is C34H34O6. The average Bonchev–Trinajstić information content (AvgIpc) is 3.02. The van der Waals surface area contributed by atoms with Crippen molar-refractivity contribution in [1.29, 1.82) is 0 Å². The molecule has 0 spiro atoms. The number of methoxy groups -OCH3 is 5. The van der Waals surface area contributed by atoms with E-state index in [2.05, 4.69) is 18.2 Å². The largest absolute Gasteiger partial charge is 0.496 e. The lowest BCUT2D eigenvalue weighted by molar-refractivity contribution is -0.184.